The number of benzene rings is 3. The lowest BCUT2D eigenvalue weighted by atomic mass is 10.1. The maximum atomic E-state index is 12.7. The van der Waals surface area contributed by atoms with E-state index < -0.39 is 11.8 Å². The first-order chi connectivity index (χ1) is 17.4. The minimum Gasteiger partial charge on any atom is -0.495 e. The second kappa shape index (κ2) is 12.4. The standard InChI is InChI=1S/C27H24BrN3O5/c1-17-8-4-5-9-21(17)31-27(33)19(15-29)12-18-13-20(28)26(24(14-18)35-3)36-16-25(32)30-22-10-6-7-11-23(22)34-2/h4-14H,16H2,1-3H3,(H,30,32)(H,31,33)/b19-12-. The zero-order valence-electron chi connectivity index (χ0n) is 19.9. The Hall–Kier alpha value is -4.29. The van der Waals surface area contributed by atoms with Crippen molar-refractivity contribution in [2.24, 2.45) is 0 Å². The molecule has 0 heterocycles. The van der Waals surface area contributed by atoms with Crippen molar-refractivity contribution >= 4 is 45.2 Å². The monoisotopic (exact) mass is 549 g/mol. The lowest BCUT2D eigenvalue weighted by Gasteiger charge is -2.14. The zero-order valence-corrected chi connectivity index (χ0v) is 21.5. The van der Waals surface area contributed by atoms with Crippen LogP contribution in [0, 0.1) is 18.3 Å². The third-order valence-corrected chi connectivity index (χ3v) is 5.64. The van der Waals surface area contributed by atoms with Crippen LogP contribution < -0.4 is 24.8 Å². The lowest BCUT2D eigenvalue weighted by Crippen LogP contribution is -2.20. The van der Waals surface area contributed by atoms with Crippen LogP contribution in [-0.4, -0.2) is 32.6 Å². The predicted octanol–water partition coefficient (Wildman–Crippen LogP) is 5.34. The normalized spacial score (nSPS) is 10.7. The third-order valence-electron chi connectivity index (χ3n) is 5.05. The van der Waals surface area contributed by atoms with Gasteiger partial charge in [-0.1, -0.05) is 30.3 Å². The molecule has 0 radical (unpaired) electrons. The van der Waals surface area contributed by atoms with Crippen molar-refractivity contribution in [1.29, 1.82) is 5.26 Å². The van der Waals surface area contributed by atoms with Gasteiger partial charge in [-0.25, -0.2) is 0 Å². The summed E-state index contributed by atoms with van der Waals surface area (Å²) in [7, 11) is 2.97. The van der Waals surface area contributed by atoms with Gasteiger partial charge in [-0.05, 0) is 70.4 Å². The summed E-state index contributed by atoms with van der Waals surface area (Å²) in [6.07, 6.45) is 1.44. The quantitative estimate of drug-likeness (QED) is 0.275. The highest BCUT2D eigenvalue weighted by molar-refractivity contribution is 9.10. The summed E-state index contributed by atoms with van der Waals surface area (Å²) in [4.78, 5) is 25.1. The molecule has 0 unspecified atom stereocenters. The molecule has 0 bridgehead atoms. The Labute approximate surface area is 217 Å². The van der Waals surface area contributed by atoms with E-state index in [9.17, 15) is 14.9 Å². The van der Waals surface area contributed by atoms with E-state index in [1.165, 1.54) is 20.3 Å². The minimum atomic E-state index is -0.532. The van der Waals surface area contributed by atoms with Crippen LogP contribution in [0.4, 0.5) is 11.4 Å². The van der Waals surface area contributed by atoms with E-state index in [-0.39, 0.29) is 12.2 Å². The smallest absolute Gasteiger partial charge is 0.266 e. The van der Waals surface area contributed by atoms with Gasteiger partial charge in [0, 0.05) is 5.69 Å². The van der Waals surface area contributed by atoms with Crippen LogP contribution in [0.25, 0.3) is 6.08 Å². The Kier molecular flexibility index (Phi) is 9.08. The van der Waals surface area contributed by atoms with Gasteiger partial charge in [0.25, 0.3) is 11.8 Å². The average molecular weight is 550 g/mol. The zero-order chi connectivity index (χ0) is 26.1. The van der Waals surface area contributed by atoms with Crippen molar-refractivity contribution in [3.8, 4) is 23.3 Å². The van der Waals surface area contributed by atoms with E-state index in [0.717, 1.165) is 5.56 Å². The van der Waals surface area contributed by atoms with Gasteiger partial charge < -0.3 is 24.8 Å². The maximum Gasteiger partial charge on any atom is 0.266 e. The first-order valence-electron chi connectivity index (χ1n) is 10.8. The van der Waals surface area contributed by atoms with E-state index in [1.807, 2.05) is 25.1 Å². The van der Waals surface area contributed by atoms with Crippen LogP contribution >= 0.6 is 15.9 Å². The van der Waals surface area contributed by atoms with Crippen molar-refractivity contribution in [2.75, 3.05) is 31.5 Å². The number of nitrogens with one attached hydrogen (secondary N) is 2. The topological polar surface area (TPSA) is 110 Å². The van der Waals surface area contributed by atoms with Crippen LogP contribution in [0.2, 0.25) is 0 Å². The molecule has 36 heavy (non-hydrogen) atoms. The second-order valence-electron chi connectivity index (χ2n) is 7.51. The Morgan fingerprint density at radius 2 is 1.64 bits per heavy atom. The number of halogens is 1. The maximum absolute atomic E-state index is 12.7. The molecule has 3 aromatic rings. The molecule has 2 amide bonds. The molecule has 8 nitrogen and oxygen atoms in total. The highest BCUT2D eigenvalue weighted by atomic mass is 79.9. The molecule has 3 rings (SSSR count). The van der Waals surface area contributed by atoms with Gasteiger partial charge in [0.15, 0.2) is 18.1 Å². The Balaban J connectivity index is 1.75. The van der Waals surface area contributed by atoms with Crippen LogP contribution in [0.3, 0.4) is 0 Å². The Bertz CT molecular complexity index is 1350. The fraction of sp³-hybridized carbons (Fsp3) is 0.148. The summed E-state index contributed by atoms with van der Waals surface area (Å²) in [5, 5.41) is 15.0. The molecule has 0 fully saturated rings. The number of para-hydroxylation sites is 3. The number of anilines is 2. The van der Waals surface area contributed by atoms with E-state index >= 15 is 0 Å². The van der Waals surface area contributed by atoms with E-state index in [2.05, 4.69) is 26.6 Å². The predicted molar refractivity (Wildman–Crippen MR) is 141 cm³/mol. The first-order valence-corrected chi connectivity index (χ1v) is 11.6. The molecule has 0 atom stereocenters. The largest absolute Gasteiger partial charge is 0.495 e. The summed E-state index contributed by atoms with van der Waals surface area (Å²) in [6.45, 7) is 1.58. The van der Waals surface area contributed by atoms with E-state index in [0.29, 0.717) is 38.7 Å². The van der Waals surface area contributed by atoms with Crippen molar-refractivity contribution in [3.63, 3.8) is 0 Å². The first kappa shape index (κ1) is 26.3. The third kappa shape index (κ3) is 6.64. The number of carbonyl (C=O) groups excluding carboxylic acids is 2. The minimum absolute atomic E-state index is 0.0861. The van der Waals surface area contributed by atoms with Crippen molar-refractivity contribution < 1.29 is 23.8 Å². The van der Waals surface area contributed by atoms with Crippen LogP contribution in [0.15, 0.2) is 70.7 Å². The lowest BCUT2D eigenvalue weighted by molar-refractivity contribution is -0.118. The van der Waals surface area contributed by atoms with Crippen molar-refractivity contribution in [3.05, 3.63) is 81.8 Å². The SMILES string of the molecule is COc1ccccc1NC(=O)COc1c(Br)cc(/C=C(/C#N)C(=O)Nc2ccccc2C)cc1OC. The number of carbonyl (C=O) groups is 2. The number of amides is 2. The van der Waals surface area contributed by atoms with Gasteiger partial charge in [-0.2, -0.15) is 5.26 Å². The van der Waals surface area contributed by atoms with Crippen molar-refractivity contribution in [1.82, 2.24) is 0 Å². The number of aryl methyl sites for hydroxylation is 1. The summed E-state index contributed by atoms with van der Waals surface area (Å²) in [5.41, 5.74) is 2.47. The molecule has 0 aromatic heterocycles. The highest BCUT2D eigenvalue weighted by Crippen LogP contribution is 2.37. The molecule has 9 heteroatoms. The fourth-order valence-electron chi connectivity index (χ4n) is 3.25. The van der Waals surface area contributed by atoms with Gasteiger partial charge in [-0.3, -0.25) is 9.59 Å². The van der Waals surface area contributed by atoms with Gasteiger partial charge >= 0.3 is 0 Å². The highest BCUT2D eigenvalue weighted by Gasteiger charge is 2.16. The molecular weight excluding hydrogens is 526 g/mol. The van der Waals surface area contributed by atoms with E-state index in [4.69, 9.17) is 14.2 Å². The van der Waals surface area contributed by atoms with Gasteiger partial charge in [-0.15, -0.1) is 0 Å². The number of ether oxygens (including phenoxy) is 3. The van der Waals surface area contributed by atoms with Gasteiger partial charge in [0.05, 0.1) is 24.4 Å². The average Bonchev–Trinajstić information content (AvgIpc) is 2.87. The molecule has 0 saturated heterocycles. The number of nitrogens with zero attached hydrogens (tertiary/aromatic N) is 1. The van der Waals surface area contributed by atoms with Gasteiger partial charge in [0.2, 0.25) is 0 Å². The number of hydrogen-bond donors (Lipinski definition) is 2. The van der Waals surface area contributed by atoms with Crippen LogP contribution in [0.1, 0.15) is 11.1 Å². The fourth-order valence-corrected chi connectivity index (χ4v) is 3.83. The summed E-state index contributed by atoms with van der Waals surface area (Å²) in [6, 6.07) is 19.5. The Morgan fingerprint density at radius 3 is 2.31 bits per heavy atom. The summed E-state index contributed by atoms with van der Waals surface area (Å²) in [5.74, 6) is 0.220. The molecule has 0 spiro atoms. The molecule has 0 aliphatic heterocycles. The number of rotatable bonds is 9. The Morgan fingerprint density at radius 1 is 0.972 bits per heavy atom. The van der Waals surface area contributed by atoms with Crippen molar-refractivity contribution in [2.45, 2.75) is 6.92 Å². The summed E-state index contributed by atoms with van der Waals surface area (Å²) >= 11 is 3.42. The molecule has 0 aliphatic rings. The molecule has 184 valence electrons. The molecule has 2 N–H and O–H groups in total. The van der Waals surface area contributed by atoms with Crippen LogP contribution in [0.5, 0.6) is 17.2 Å². The second-order valence-corrected chi connectivity index (χ2v) is 8.36. The van der Waals surface area contributed by atoms with E-state index in [1.54, 1.807) is 48.5 Å². The number of hydrogen-bond acceptors (Lipinski definition) is 6. The summed E-state index contributed by atoms with van der Waals surface area (Å²) < 4.78 is 16.8. The number of methoxy groups -OCH3 is 2. The molecule has 3 aromatic carbocycles. The molecular formula is C27H24BrN3O5. The van der Waals surface area contributed by atoms with Crippen LogP contribution in [-0.2, 0) is 9.59 Å². The van der Waals surface area contributed by atoms with Gasteiger partial charge in [0.1, 0.15) is 17.4 Å². The molecule has 0 saturated carbocycles. The molecule has 0 aliphatic carbocycles. The number of nitriles is 1.